The van der Waals surface area contributed by atoms with Gasteiger partial charge < -0.3 is 5.32 Å². The van der Waals surface area contributed by atoms with Gasteiger partial charge in [-0.2, -0.15) is 5.10 Å². The van der Waals surface area contributed by atoms with Crippen LogP contribution in [0.2, 0.25) is 10.0 Å². The minimum Gasteiger partial charge on any atom is -0.343 e. The van der Waals surface area contributed by atoms with Crippen LogP contribution in [-0.2, 0) is 9.59 Å². The van der Waals surface area contributed by atoms with Gasteiger partial charge in [0.15, 0.2) is 5.16 Å². The van der Waals surface area contributed by atoms with Gasteiger partial charge >= 0.3 is 0 Å². The Morgan fingerprint density at radius 1 is 1.05 bits per heavy atom. The molecule has 10 heteroatoms. The van der Waals surface area contributed by atoms with Gasteiger partial charge in [0.05, 0.1) is 11.8 Å². The second-order valence-electron chi connectivity index (χ2n) is 9.87. The largest absolute Gasteiger partial charge is 0.343 e. The number of nitrogens with one attached hydrogen (secondary N) is 2. The maximum atomic E-state index is 14.5. The van der Waals surface area contributed by atoms with Gasteiger partial charge in [0.2, 0.25) is 11.8 Å². The van der Waals surface area contributed by atoms with E-state index in [4.69, 9.17) is 23.2 Å². The van der Waals surface area contributed by atoms with Crippen molar-refractivity contribution >= 4 is 52.5 Å². The fraction of sp³-hybridized carbons (Fsp3) is 0.267. The molecule has 3 aromatic carbocycles. The first-order chi connectivity index (χ1) is 19.4. The molecule has 0 spiro atoms. The zero-order chi connectivity index (χ0) is 28.1. The minimum atomic E-state index is -1.07. The Bertz CT molecular complexity index is 1470. The molecule has 7 nitrogen and oxygen atoms in total. The summed E-state index contributed by atoms with van der Waals surface area (Å²) in [5.41, 5.74) is 2.23. The number of aromatic amines is 1. The van der Waals surface area contributed by atoms with Crippen LogP contribution in [-0.4, -0.2) is 38.3 Å². The van der Waals surface area contributed by atoms with Gasteiger partial charge in [-0.1, -0.05) is 90.3 Å². The Morgan fingerprint density at radius 2 is 1.80 bits per heavy atom. The molecule has 0 bridgehead atoms. The lowest BCUT2D eigenvalue weighted by Gasteiger charge is -2.41. The van der Waals surface area contributed by atoms with Crippen LogP contribution in [0.1, 0.15) is 48.4 Å². The summed E-state index contributed by atoms with van der Waals surface area (Å²) < 4.78 is 0. The molecule has 4 aromatic rings. The number of hydrogen-bond acceptors (Lipinski definition) is 5. The first-order valence-electron chi connectivity index (χ1n) is 13.1. The third-order valence-electron chi connectivity index (χ3n) is 7.21. The van der Waals surface area contributed by atoms with Crippen LogP contribution in [0.15, 0.2) is 84.3 Å². The molecule has 5 rings (SSSR count). The van der Waals surface area contributed by atoms with E-state index in [1.54, 1.807) is 23.1 Å². The number of anilines is 1. The maximum absolute atomic E-state index is 14.5. The number of benzene rings is 3. The molecular formula is C30H29Cl2N5O2S. The van der Waals surface area contributed by atoms with Gasteiger partial charge in [-0.3, -0.25) is 19.6 Å². The highest BCUT2D eigenvalue weighted by Crippen LogP contribution is 2.41. The van der Waals surface area contributed by atoms with E-state index in [0.717, 1.165) is 29.5 Å². The molecule has 1 atom stereocenters. The standard InChI is InChI=1S/C30H29Cl2N5O2S/c1-20-7-6-8-23(17-20)37(26(38)18-40-29-33-19-34-36-29)30(15-4-5-16-30)28(39)35-27(21-11-13-22(31)14-12-21)24-9-2-3-10-25(24)32/h2-3,6-14,17,19,27H,4-5,15-16,18H2,1H3,(H,35,39)(H,33,34,36)/t27-/m0/s1. The van der Waals surface area contributed by atoms with Crippen molar-refractivity contribution in [2.24, 2.45) is 0 Å². The normalized spacial score (nSPS) is 15.0. The molecular weight excluding hydrogens is 565 g/mol. The molecule has 1 fully saturated rings. The highest BCUT2D eigenvalue weighted by atomic mass is 35.5. The van der Waals surface area contributed by atoms with Gasteiger partial charge in [0, 0.05) is 15.7 Å². The number of hydrogen-bond donors (Lipinski definition) is 2. The van der Waals surface area contributed by atoms with Crippen molar-refractivity contribution in [2.75, 3.05) is 10.7 Å². The van der Waals surface area contributed by atoms with Crippen LogP contribution in [0.5, 0.6) is 0 Å². The van der Waals surface area contributed by atoms with E-state index in [-0.39, 0.29) is 17.6 Å². The highest BCUT2D eigenvalue weighted by molar-refractivity contribution is 7.99. The van der Waals surface area contributed by atoms with E-state index in [1.807, 2.05) is 61.5 Å². The average Bonchev–Trinajstić information content (AvgIpc) is 3.65. The van der Waals surface area contributed by atoms with Gasteiger partial charge in [0.25, 0.3) is 0 Å². The van der Waals surface area contributed by atoms with Crippen molar-refractivity contribution in [3.63, 3.8) is 0 Å². The smallest absolute Gasteiger partial charge is 0.247 e. The Kier molecular flexibility index (Phi) is 8.78. The molecule has 0 radical (unpaired) electrons. The van der Waals surface area contributed by atoms with Crippen molar-refractivity contribution in [1.82, 2.24) is 20.5 Å². The Balaban J connectivity index is 1.54. The summed E-state index contributed by atoms with van der Waals surface area (Å²) in [4.78, 5) is 34.4. The quantitative estimate of drug-likeness (QED) is 0.209. The fourth-order valence-electron chi connectivity index (χ4n) is 5.34. The molecule has 2 amide bonds. The van der Waals surface area contributed by atoms with Crippen LogP contribution in [0.4, 0.5) is 5.69 Å². The molecule has 1 saturated carbocycles. The lowest BCUT2D eigenvalue weighted by Crippen LogP contribution is -2.60. The lowest BCUT2D eigenvalue weighted by atomic mass is 9.90. The predicted octanol–water partition coefficient (Wildman–Crippen LogP) is 6.76. The molecule has 0 aliphatic heterocycles. The first-order valence-corrected chi connectivity index (χ1v) is 14.8. The molecule has 206 valence electrons. The van der Waals surface area contributed by atoms with Crippen molar-refractivity contribution < 1.29 is 9.59 Å². The van der Waals surface area contributed by atoms with Crippen LogP contribution in [0.3, 0.4) is 0 Å². The number of carbonyl (C=O) groups excluding carboxylic acids is 2. The van der Waals surface area contributed by atoms with Crippen molar-refractivity contribution in [2.45, 2.75) is 49.3 Å². The van der Waals surface area contributed by atoms with E-state index in [2.05, 4.69) is 20.5 Å². The van der Waals surface area contributed by atoms with E-state index < -0.39 is 11.6 Å². The van der Waals surface area contributed by atoms with Crippen LogP contribution < -0.4 is 10.2 Å². The molecule has 0 saturated heterocycles. The van der Waals surface area contributed by atoms with Crippen LogP contribution >= 0.6 is 35.0 Å². The molecule has 1 aliphatic rings. The van der Waals surface area contributed by atoms with Crippen molar-refractivity contribution in [3.8, 4) is 0 Å². The van der Waals surface area contributed by atoms with E-state index in [1.165, 1.54) is 18.1 Å². The Labute approximate surface area is 247 Å². The van der Waals surface area contributed by atoms with E-state index in [0.29, 0.717) is 33.7 Å². The second-order valence-corrected chi connectivity index (χ2v) is 11.7. The summed E-state index contributed by atoms with van der Waals surface area (Å²) in [6, 6.07) is 22.0. The zero-order valence-corrected chi connectivity index (χ0v) is 24.3. The first kappa shape index (κ1) is 28.2. The van der Waals surface area contributed by atoms with Gasteiger partial charge in [-0.15, -0.1) is 0 Å². The molecule has 0 unspecified atom stereocenters. The topological polar surface area (TPSA) is 91.0 Å². The average molecular weight is 595 g/mol. The lowest BCUT2D eigenvalue weighted by molar-refractivity contribution is -0.130. The summed E-state index contributed by atoms with van der Waals surface area (Å²) in [7, 11) is 0. The van der Waals surface area contributed by atoms with Crippen molar-refractivity contribution in [1.29, 1.82) is 0 Å². The number of thioether (sulfide) groups is 1. The van der Waals surface area contributed by atoms with E-state index in [9.17, 15) is 9.59 Å². The number of H-pyrrole nitrogens is 1. The highest BCUT2D eigenvalue weighted by Gasteiger charge is 2.49. The zero-order valence-electron chi connectivity index (χ0n) is 21.9. The number of aryl methyl sites for hydroxylation is 1. The number of nitrogens with zero attached hydrogens (tertiary/aromatic N) is 3. The number of rotatable bonds is 9. The van der Waals surface area contributed by atoms with E-state index >= 15 is 0 Å². The molecule has 2 N–H and O–H groups in total. The third kappa shape index (κ3) is 6.04. The van der Waals surface area contributed by atoms with Crippen LogP contribution in [0, 0.1) is 6.92 Å². The number of aromatic nitrogens is 3. The summed E-state index contributed by atoms with van der Waals surface area (Å²) >= 11 is 14.1. The van der Waals surface area contributed by atoms with Crippen molar-refractivity contribution in [3.05, 3.63) is 106 Å². The van der Waals surface area contributed by atoms with Crippen LogP contribution in [0.25, 0.3) is 0 Å². The number of halogens is 2. The Morgan fingerprint density at radius 3 is 2.48 bits per heavy atom. The molecule has 1 heterocycles. The molecule has 40 heavy (non-hydrogen) atoms. The maximum Gasteiger partial charge on any atom is 0.247 e. The Hall–Kier alpha value is -3.33. The summed E-state index contributed by atoms with van der Waals surface area (Å²) in [6.45, 7) is 1.98. The molecule has 1 aliphatic carbocycles. The molecule has 1 aromatic heterocycles. The third-order valence-corrected chi connectivity index (χ3v) is 8.67. The second kappa shape index (κ2) is 12.5. The minimum absolute atomic E-state index is 0.100. The summed E-state index contributed by atoms with van der Waals surface area (Å²) in [5.74, 6) is -0.294. The summed E-state index contributed by atoms with van der Waals surface area (Å²) in [6.07, 6.45) is 4.15. The predicted molar refractivity (Wildman–Crippen MR) is 160 cm³/mol. The summed E-state index contributed by atoms with van der Waals surface area (Å²) in [5, 5.41) is 11.6. The van der Waals surface area contributed by atoms with Gasteiger partial charge in [-0.05, 0) is 66.8 Å². The fourth-order valence-corrected chi connectivity index (χ4v) is 6.34. The monoisotopic (exact) mass is 593 g/mol. The SMILES string of the molecule is Cc1cccc(N(C(=O)CSc2ncn[nH]2)C2(C(=O)N[C@@H](c3ccc(Cl)cc3)c3ccccc3Cl)CCCC2)c1. The number of amides is 2. The number of carbonyl (C=O) groups is 2. The van der Waals surface area contributed by atoms with Gasteiger partial charge in [0.1, 0.15) is 11.9 Å². The van der Waals surface area contributed by atoms with Gasteiger partial charge in [-0.25, -0.2) is 4.98 Å².